The first kappa shape index (κ1) is 10.8. The fourth-order valence-corrected chi connectivity index (χ4v) is 2.13. The Kier molecular flexibility index (Phi) is 3.20. The third-order valence-corrected chi connectivity index (χ3v) is 3.10. The second-order valence-electron chi connectivity index (χ2n) is 3.09. The quantitative estimate of drug-likeness (QED) is 0.698. The first-order valence-electron chi connectivity index (χ1n) is 3.89. The minimum atomic E-state index is -4.50. The van der Waals surface area contributed by atoms with Crippen molar-refractivity contribution in [2.75, 3.05) is 0 Å². The summed E-state index contributed by atoms with van der Waals surface area (Å²) in [7, 11) is -4.50. The van der Waals surface area contributed by atoms with Gasteiger partial charge in [-0.15, -0.1) is 0 Å². The summed E-state index contributed by atoms with van der Waals surface area (Å²) in [5.74, 6) is -3.40. The number of hydrogen-bond donors (Lipinski definition) is 2. The normalized spacial score (nSPS) is 29.8. The summed E-state index contributed by atoms with van der Waals surface area (Å²) in [6.45, 7) is 0. The van der Waals surface area contributed by atoms with Crippen LogP contribution in [-0.4, -0.2) is 31.4 Å². The molecule has 1 aliphatic rings. The van der Waals surface area contributed by atoms with Gasteiger partial charge in [-0.25, -0.2) is 13.1 Å². The first-order valence-corrected chi connectivity index (χ1v) is 5.44. The van der Waals surface area contributed by atoms with Crippen LogP contribution in [0, 0.1) is 0 Å². The summed E-state index contributed by atoms with van der Waals surface area (Å²) in [5, 5.41) is 9.01. The zero-order valence-electron chi connectivity index (χ0n) is 6.78. The maximum atomic E-state index is 11.9. The summed E-state index contributed by atoms with van der Waals surface area (Å²) in [5.41, 5.74) is 0. The smallest absolute Gasteiger partial charge is 0.350 e. The molecule has 13 heavy (non-hydrogen) atoms. The van der Waals surface area contributed by atoms with Crippen LogP contribution in [-0.2, 0) is 10.0 Å². The van der Waals surface area contributed by atoms with Crippen molar-refractivity contribution in [3.8, 4) is 0 Å². The third-order valence-electron chi connectivity index (χ3n) is 1.97. The third kappa shape index (κ3) is 2.85. The summed E-state index contributed by atoms with van der Waals surface area (Å²) in [6.07, 6.45) is 0.501. The Morgan fingerprint density at radius 2 is 2.00 bits per heavy atom. The lowest BCUT2D eigenvalue weighted by atomic mass is 10.3. The molecule has 4 nitrogen and oxygen atoms in total. The lowest BCUT2D eigenvalue weighted by Crippen LogP contribution is -2.37. The van der Waals surface area contributed by atoms with Gasteiger partial charge in [0.05, 0.1) is 6.10 Å². The lowest BCUT2D eigenvalue weighted by molar-refractivity contribution is 0.180. The van der Waals surface area contributed by atoms with E-state index in [0.717, 1.165) is 0 Å². The molecule has 1 rings (SSSR count). The van der Waals surface area contributed by atoms with E-state index in [9.17, 15) is 17.2 Å². The van der Waals surface area contributed by atoms with Crippen LogP contribution >= 0.6 is 0 Å². The van der Waals surface area contributed by atoms with E-state index in [1.54, 1.807) is 0 Å². The molecule has 0 unspecified atom stereocenters. The van der Waals surface area contributed by atoms with Gasteiger partial charge in [0.25, 0.3) is 10.0 Å². The molecule has 1 aliphatic carbocycles. The first-order chi connectivity index (χ1) is 5.92. The standard InChI is InChI=1S/C6H11F2NO3S/c7-6(8)13(11,12)9-4-1-2-5(10)3-4/h4-6,9-10H,1-3H2/t4-,5+/m0/s1. The molecule has 0 bridgehead atoms. The zero-order chi connectivity index (χ0) is 10.1. The Morgan fingerprint density at radius 1 is 1.38 bits per heavy atom. The van der Waals surface area contributed by atoms with Crippen LogP contribution in [0.15, 0.2) is 0 Å². The number of hydrogen-bond acceptors (Lipinski definition) is 3. The molecule has 1 saturated carbocycles. The van der Waals surface area contributed by atoms with Crippen LogP contribution < -0.4 is 4.72 Å². The van der Waals surface area contributed by atoms with Crippen molar-refractivity contribution in [1.29, 1.82) is 0 Å². The van der Waals surface area contributed by atoms with Crippen LogP contribution in [0.2, 0.25) is 0 Å². The van der Waals surface area contributed by atoms with Gasteiger partial charge in [-0.1, -0.05) is 0 Å². The number of alkyl halides is 2. The van der Waals surface area contributed by atoms with Gasteiger partial charge in [-0.05, 0) is 19.3 Å². The highest BCUT2D eigenvalue weighted by Crippen LogP contribution is 2.20. The van der Waals surface area contributed by atoms with Gasteiger partial charge in [0.15, 0.2) is 0 Å². The van der Waals surface area contributed by atoms with Crippen molar-refractivity contribution < 1.29 is 22.3 Å². The van der Waals surface area contributed by atoms with E-state index in [1.807, 2.05) is 4.72 Å². The minimum Gasteiger partial charge on any atom is -0.393 e. The second kappa shape index (κ2) is 3.85. The number of halogens is 2. The molecule has 0 aliphatic heterocycles. The Hall–Kier alpha value is -0.270. The molecular weight excluding hydrogens is 204 g/mol. The largest absolute Gasteiger partial charge is 0.393 e. The van der Waals surface area contributed by atoms with E-state index >= 15 is 0 Å². The SMILES string of the molecule is O=S(=O)(N[C@H]1CC[C@@H](O)C1)C(F)F. The van der Waals surface area contributed by atoms with E-state index in [0.29, 0.717) is 12.8 Å². The van der Waals surface area contributed by atoms with Crippen molar-refractivity contribution in [2.24, 2.45) is 0 Å². The predicted octanol–water partition coefficient (Wildman–Crippen LogP) is 0.0418. The molecule has 0 aromatic rings. The molecule has 2 atom stereocenters. The van der Waals surface area contributed by atoms with Gasteiger partial charge in [-0.2, -0.15) is 8.78 Å². The van der Waals surface area contributed by atoms with Crippen molar-refractivity contribution in [1.82, 2.24) is 4.72 Å². The van der Waals surface area contributed by atoms with Gasteiger partial charge in [0, 0.05) is 6.04 Å². The molecular formula is C6H11F2NO3S. The molecule has 78 valence electrons. The molecule has 7 heteroatoms. The molecule has 0 spiro atoms. The van der Waals surface area contributed by atoms with Crippen molar-refractivity contribution in [2.45, 2.75) is 37.2 Å². The van der Waals surface area contributed by atoms with E-state index in [-0.39, 0.29) is 6.42 Å². The Morgan fingerprint density at radius 3 is 2.38 bits per heavy atom. The number of aliphatic hydroxyl groups is 1. The monoisotopic (exact) mass is 215 g/mol. The maximum absolute atomic E-state index is 11.9. The van der Waals surface area contributed by atoms with Crippen molar-refractivity contribution >= 4 is 10.0 Å². The van der Waals surface area contributed by atoms with Crippen LogP contribution in [0.5, 0.6) is 0 Å². The summed E-state index contributed by atoms with van der Waals surface area (Å²) in [6, 6.07) is -0.547. The Labute approximate surface area is 75.0 Å². The minimum absolute atomic E-state index is 0.214. The van der Waals surface area contributed by atoms with Crippen LogP contribution in [0.3, 0.4) is 0 Å². The predicted molar refractivity (Wildman–Crippen MR) is 41.7 cm³/mol. The highest BCUT2D eigenvalue weighted by molar-refractivity contribution is 7.89. The van der Waals surface area contributed by atoms with Gasteiger partial charge in [0.1, 0.15) is 0 Å². The average molecular weight is 215 g/mol. The van der Waals surface area contributed by atoms with Crippen molar-refractivity contribution in [3.63, 3.8) is 0 Å². The molecule has 1 fully saturated rings. The molecule has 0 aromatic heterocycles. The topological polar surface area (TPSA) is 66.4 Å². The van der Waals surface area contributed by atoms with Crippen molar-refractivity contribution in [3.05, 3.63) is 0 Å². The van der Waals surface area contributed by atoms with E-state index in [4.69, 9.17) is 5.11 Å². The summed E-state index contributed by atoms with van der Waals surface area (Å²) in [4.78, 5) is 0. The number of sulfonamides is 1. The molecule has 0 amide bonds. The van der Waals surface area contributed by atoms with Crippen LogP contribution in [0.25, 0.3) is 0 Å². The highest BCUT2D eigenvalue weighted by Gasteiger charge is 2.31. The zero-order valence-corrected chi connectivity index (χ0v) is 7.60. The Bertz CT molecular complexity index is 267. The van der Waals surface area contributed by atoms with Gasteiger partial charge >= 0.3 is 5.76 Å². The van der Waals surface area contributed by atoms with Crippen LogP contribution in [0.4, 0.5) is 8.78 Å². The second-order valence-corrected chi connectivity index (χ2v) is 4.77. The fraction of sp³-hybridized carbons (Fsp3) is 1.00. The highest BCUT2D eigenvalue weighted by atomic mass is 32.2. The molecule has 0 radical (unpaired) electrons. The van der Waals surface area contributed by atoms with E-state index in [2.05, 4.69) is 0 Å². The van der Waals surface area contributed by atoms with Gasteiger partial charge in [0.2, 0.25) is 0 Å². The fourth-order valence-electron chi connectivity index (χ4n) is 1.35. The molecule has 0 saturated heterocycles. The lowest BCUT2D eigenvalue weighted by Gasteiger charge is -2.11. The Balaban J connectivity index is 2.50. The summed E-state index contributed by atoms with van der Waals surface area (Å²) < 4.78 is 46.8. The van der Waals surface area contributed by atoms with E-state index in [1.165, 1.54) is 0 Å². The molecule has 0 heterocycles. The number of rotatable bonds is 3. The molecule has 2 N–H and O–H groups in total. The molecule has 0 aromatic carbocycles. The van der Waals surface area contributed by atoms with Crippen LogP contribution in [0.1, 0.15) is 19.3 Å². The maximum Gasteiger partial charge on any atom is 0.350 e. The average Bonchev–Trinajstić information content (AvgIpc) is 2.34. The van der Waals surface area contributed by atoms with Gasteiger partial charge < -0.3 is 5.11 Å². The number of nitrogens with one attached hydrogen (secondary N) is 1. The summed E-state index contributed by atoms with van der Waals surface area (Å²) >= 11 is 0. The number of aliphatic hydroxyl groups excluding tert-OH is 1. The van der Waals surface area contributed by atoms with Gasteiger partial charge in [-0.3, -0.25) is 0 Å². The van der Waals surface area contributed by atoms with E-state index < -0.39 is 27.9 Å².